The summed E-state index contributed by atoms with van der Waals surface area (Å²) in [5, 5.41) is 0. The minimum absolute atomic E-state index is 0.186. The van der Waals surface area contributed by atoms with Crippen LogP contribution in [-0.2, 0) is 15.9 Å². The lowest BCUT2D eigenvalue weighted by Gasteiger charge is -2.11. The number of rotatable bonds is 5. The number of para-hydroxylation sites is 1. The summed E-state index contributed by atoms with van der Waals surface area (Å²) in [6, 6.07) is 14.3. The average molecular weight is 340 g/mol. The molecule has 0 fully saturated rings. The quantitative estimate of drug-likeness (QED) is 0.666. The zero-order valence-corrected chi connectivity index (χ0v) is 13.9. The van der Waals surface area contributed by atoms with Gasteiger partial charge in [0.15, 0.2) is 5.75 Å². The molecule has 0 bridgehead atoms. The molecule has 3 aromatic rings. The number of aromatic nitrogens is 2. The summed E-state index contributed by atoms with van der Waals surface area (Å²) in [7, 11) is -3.78. The van der Waals surface area contributed by atoms with E-state index in [9.17, 15) is 8.42 Å². The first-order valence-electron chi connectivity index (χ1n) is 7.36. The molecular formula is C18H16N2O3S. The Hall–Kier alpha value is -2.73. The molecule has 0 aliphatic rings. The van der Waals surface area contributed by atoms with Gasteiger partial charge in [-0.25, -0.2) is 9.97 Å². The highest BCUT2D eigenvalue weighted by molar-refractivity contribution is 7.86. The molecule has 2 aromatic carbocycles. The topological polar surface area (TPSA) is 69.2 Å². The van der Waals surface area contributed by atoms with Crippen LogP contribution in [0.5, 0.6) is 5.75 Å². The molecule has 0 aliphatic heterocycles. The van der Waals surface area contributed by atoms with Gasteiger partial charge in [0.1, 0.15) is 12.1 Å². The summed E-state index contributed by atoms with van der Waals surface area (Å²) in [5.41, 5.74) is 3.02. The van der Waals surface area contributed by atoms with Crippen LogP contribution in [0.1, 0.15) is 11.1 Å². The zero-order valence-electron chi connectivity index (χ0n) is 13.1. The molecule has 0 atom stereocenters. The Labute approximate surface area is 141 Å². The first kappa shape index (κ1) is 16.1. The lowest BCUT2D eigenvalue weighted by molar-refractivity contribution is 0.486. The van der Waals surface area contributed by atoms with Crippen LogP contribution in [0.2, 0.25) is 0 Å². The molecule has 0 spiro atoms. The van der Waals surface area contributed by atoms with Crippen molar-refractivity contribution in [2.24, 2.45) is 0 Å². The first-order valence-corrected chi connectivity index (χ1v) is 8.93. The summed E-state index contributed by atoms with van der Waals surface area (Å²) in [4.78, 5) is 7.92. The van der Waals surface area contributed by atoms with E-state index in [-0.39, 0.29) is 11.5 Å². The minimum atomic E-state index is -3.78. The van der Waals surface area contributed by atoms with Gasteiger partial charge in [0, 0.05) is 23.5 Å². The molecule has 0 saturated carbocycles. The van der Waals surface area contributed by atoms with Crippen molar-refractivity contribution in [3.63, 3.8) is 0 Å². The van der Waals surface area contributed by atoms with Gasteiger partial charge >= 0.3 is 10.1 Å². The molecule has 0 saturated heterocycles. The highest BCUT2D eigenvalue weighted by atomic mass is 32.2. The molecular weight excluding hydrogens is 324 g/mol. The van der Waals surface area contributed by atoms with Crippen LogP contribution in [0.25, 0.3) is 11.1 Å². The van der Waals surface area contributed by atoms with E-state index < -0.39 is 10.1 Å². The van der Waals surface area contributed by atoms with E-state index in [4.69, 9.17) is 4.18 Å². The molecule has 6 heteroatoms. The molecule has 5 nitrogen and oxygen atoms in total. The van der Waals surface area contributed by atoms with Crippen LogP contribution < -0.4 is 4.18 Å². The molecule has 122 valence electrons. The average Bonchev–Trinajstić information content (AvgIpc) is 2.55. The molecule has 0 unspecified atom stereocenters. The van der Waals surface area contributed by atoms with Crippen LogP contribution in [0.4, 0.5) is 0 Å². The predicted octanol–water partition coefficient (Wildman–Crippen LogP) is 3.36. The monoisotopic (exact) mass is 340 g/mol. The Morgan fingerprint density at radius 3 is 2.50 bits per heavy atom. The smallest absolute Gasteiger partial charge is 0.313 e. The van der Waals surface area contributed by atoms with Crippen molar-refractivity contribution in [2.75, 3.05) is 0 Å². The largest absolute Gasteiger partial charge is 0.382 e. The molecule has 0 radical (unpaired) electrons. The maximum Gasteiger partial charge on any atom is 0.313 e. The molecule has 1 aromatic heterocycles. The van der Waals surface area contributed by atoms with Crippen molar-refractivity contribution in [1.29, 1.82) is 0 Å². The lowest BCUT2D eigenvalue weighted by Crippen LogP contribution is -2.12. The molecule has 0 N–H and O–H groups in total. The van der Waals surface area contributed by atoms with E-state index >= 15 is 0 Å². The van der Waals surface area contributed by atoms with Crippen molar-refractivity contribution in [3.05, 3.63) is 78.4 Å². The van der Waals surface area contributed by atoms with Gasteiger partial charge in [0.2, 0.25) is 0 Å². The number of aryl methyl sites for hydroxylation is 1. The Balaban J connectivity index is 1.88. The predicted molar refractivity (Wildman–Crippen MR) is 91.9 cm³/mol. The second kappa shape index (κ2) is 6.80. The molecule has 1 heterocycles. The van der Waals surface area contributed by atoms with Gasteiger partial charge in [0.05, 0.1) is 0 Å². The molecule has 24 heavy (non-hydrogen) atoms. The van der Waals surface area contributed by atoms with Crippen molar-refractivity contribution < 1.29 is 12.6 Å². The van der Waals surface area contributed by atoms with E-state index in [1.54, 1.807) is 36.7 Å². The summed E-state index contributed by atoms with van der Waals surface area (Å²) in [6.45, 7) is 1.92. The second-order valence-electron chi connectivity index (χ2n) is 5.40. The van der Waals surface area contributed by atoms with E-state index in [2.05, 4.69) is 9.97 Å². The summed E-state index contributed by atoms with van der Waals surface area (Å²) >= 11 is 0. The van der Waals surface area contributed by atoms with Crippen molar-refractivity contribution in [2.45, 2.75) is 12.7 Å². The van der Waals surface area contributed by atoms with Gasteiger partial charge in [-0.3, -0.25) is 0 Å². The third-order valence-electron chi connectivity index (χ3n) is 3.40. The number of benzene rings is 2. The highest BCUT2D eigenvalue weighted by Gasteiger charge is 2.17. The summed E-state index contributed by atoms with van der Waals surface area (Å²) in [5.74, 6) is 0.0776. The van der Waals surface area contributed by atoms with Crippen LogP contribution in [-0.4, -0.2) is 18.4 Å². The zero-order chi connectivity index (χ0) is 17.0. The van der Waals surface area contributed by atoms with Gasteiger partial charge in [-0.1, -0.05) is 48.0 Å². The van der Waals surface area contributed by atoms with Gasteiger partial charge in [0.25, 0.3) is 0 Å². The van der Waals surface area contributed by atoms with Crippen molar-refractivity contribution in [3.8, 4) is 16.9 Å². The minimum Gasteiger partial charge on any atom is -0.382 e. The summed E-state index contributed by atoms with van der Waals surface area (Å²) < 4.78 is 30.2. The Morgan fingerprint density at radius 1 is 1.00 bits per heavy atom. The van der Waals surface area contributed by atoms with Gasteiger partial charge in [-0.2, -0.15) is 8.42 Å². The van der Waals surface area contributed by atoms with Crippen LogP contribution in [0.15, 0.2) is 67.3 Å². The fourth-order valence-corrected chi connectivity index (χ4v) is 3.45. The lowest BCUT2D eigenvalue weighted by atomic mass is 10.1. The van der Waals surface area contributed by atoms with Crippen LogP contribution >= 0.6 is 0 Å². The van der Waals surface area contributed by atoms with Gasteiger partial charge in [-0.15, -0.1) is 0 Å². The first-order chi connectivity index (χ1) is 11.5. The van der Waals surface area contributed by atoms with Gasteiger partial charge in [-0.05, 0) is 18.6 Å². The molecule has 0 amide bonds. The SMILES string of the molecule is Cc1cccc(CS(=O)(=O)Oc2ccccc2-c2cncnc2)c1. The second-order valence-corrected chi connectivity index (χ2v) is 6.97. The van der Waals surface area contributed by atoms with E-state index in [0.29, 0.717) is 16.7 Å². The molecule has 0 aliphatic carbocycles. The standard InChI is InChI=1S/C18H16N2O3S/c1-14-5-4-6-15(9-14)12-24(21,22)23-18-8-3-2-7-17(18)16-10-19-13-20-11-16/h2-11,13H,12H2,1H3. The summed E-state index contributed by atoms with van der Waals surface area (Å²) in [6.07, 6.45) is 4.65. The third-order valence-corrected chi connectivity index (χ3v) is 4.52. The Morgan fingerprint density at radius 2 is 1.75 bits per heavy atom. The van der Waals surface area contributed by atoms with Crippen LogP contribution in [0.3, 0.4) is 0 Å². The Kier molecular flexibility index (Phi) is 4.57. The fourth-order valence-electron chi connectivity index (χ4n) is 2.39. The number of hydrogen-bond acceptors (Lipinski definition) is 5. The Bertz CT molecular complexity index is 941. The van der Waals surface area contributed by atoms with Gasteiger partial charge < -0.3 is 4.18 Å². The number of nitrogens with zero attached hydrogens (tertiary/aromatic N) is 2. The van der Waals surface area contributed by atoms with Crippen LogP contribution in [0, 0.1) is 6.92 Å². The third kappa shape index (κ3) is 3.97. The van der Waals surface area contributed by atoms with E-state index in [0.717, 1.165) is 5.56 Å². The maximum absolute atomic E-state index is 12.4. The molecule has 3 rings (SSSR count). The van der Waals surface area contributed by atoms with Crippen molar-refractivity contribution in [1.82, 2.24) is 9.97 Å². The van der Waals surface area contributed by atoms with Crippen molar-refractivity contribution >= 4 is 10.1 Å². The maximum atomic E-state index is 12.4. The fraction of sp³-hybridized carbons (Fsp3) is 0.111. The normalized spacial score (nSPS) is 11.2. The highest BCUT2D eigenvalue weighted by Crippen LogP contribution is 2.30. The number of hydrogen-bond donors (Lipinski definition) is 0. The van der Waals surface area contributed by atoms with E-state index in [1.165, 1.54) is 6.33 Å². The van der Waals surface area contributed by atoms with E-state index in [1.807, 2.05) is 31.2 Å².